The third kappa shape index (κ3) is 3.78. The van der Waals surface area contributed by atoms with Gasteiger partial charge in [0.15, 0.2) is 0 Å². The van der Waals surface area contributed by atoms with Crippen LogP contribution in [0.5, 0.6) is 0 Å². The maximum Gasteiger partial charge on any atom is 0.494 e. The van der Waals surface area contributed by atoms with E-state index in [-0.39, 0.29) is 29.8 Å². The number of H-pyrrole nitrogens is 1. The molecule has 0 saturated carbocycles. The summed E-state index contributed by atoms with van der Waals surface area (Å²) in [5.41, 5.74) is 2.62. The molecule has 1 atom stereocenters. The summed E-state index contributed by atoms with van der Waals surface area (Å²) in [4.78, 5) is 8.24. The van der Waals surface area contributed by atoms with Crippen molar-refractivity contribution in [2.24, 2.45) is 5.41 Å². The lowest BCUT2D eigenvalue weighted by Crippen LogP contribution is -2.41. The number of benzene rings is 1. The van der Waals surface area contributed by atoms with Gasteiger partial charge in [-0.15, -0.1) is 0 Å². The summed E-state index contributed by atoms with van der Waals surface area (Å²) in [7, 11) is -0.341. The van der Waals surface area contributed by atoms with Gasteiger partial charge in [0.2, 0.25) is 0 Å². The van der Waals surface area contributed by atoms with Gasteiger partial charge in [0.25, 0.3) is 0 Å². The molecule has 156 valence electrons. The minimum atomic E-state index is -0.341. The smallest absolute Gasteiger partial charge is 0.399 e. The molecule has 1 unspecified atom stereocenters. The van der Waals surface area contributed by atoms with Gasteiger partial charge in [-0.25, -0.2) is 9.29 Å². The molecular formula is C22H32BN3O2S. The van der Waals surface area contributed by atoms with Crippen LogP contribution in [0.3, 0.4) is 0 Å². The van der Waals surface area contributed by atoms with Crippen molar-refractivity contribution < 1.29 is 9.31 Å². The first kappa shape index (κ1) is 21.0. The highest BCUT2D eigenvalue weighted by Gasteiger charge is 2.51. The number of piperidine rings is 1. The van der Waals surface area contributed by atoms with E-state index in [0.717, 1.165) is 29.1 Å². The second kappa shape index (κ2) is 7.15. The lowest BCUT2D eigenvalue weighted by Gasteiger charge is -2.42. The van der Waals surface area contributed by atoms with E-state index < -0.39 is 0 Å². The van der Waals surface area contributed by atoms with Crippen LogP contribution in [0.1, 0.15) is 66.3 Å². The molecule has 1 N–H and O–H groups in total. The Kier molecular flexibility index (Phi) is 5.17. The second-order valence-electron chi connectivity index (χ2n) is 10.1. The molecule has 0 radical (unpaired) electrons. The van der Waals surface area contributed by atoms with E-state index >= 15 is 0 Å². The highest BCUT2D eigenvalue weighted by molar-refractivity contribution is 7.77. The summed E-state index contributed by atoms with van der Waals surface area (Å²) < 4.78 is 14.4. The molecule has 2 aliphatic rings. The first-order valence-electron chi connectivity index (χ1n) is 10.5. The summed E-state index contributed by atoms with van der Waals surface area (Å²) in [5.74, 6) is 0.981. The zero-order valence-electron chi connectivity index (χ0n) is 18.3. The lowest BCUT2D eigenvalue weighted by molar-refractivity contribution is 0.00578. The van der Waals surface area contributed by atoms with Crippen LogP contribution in [0.4, 0.5) is 0 Å². The van der Waals surface area contributed by atoms with Gasteiger partial charge in [-0.05, 0) is 57.0 Å². The summed E-state index contributed by atoms with van der Waals surface area (Å²) in [5, 5.41) is 0. The summed E-state index contributed by atoms with van der Waals surface area (Å²) in [6, 6.07) is 8.53. The van der Waals surface area contributed by atoms with Crippen molar-refractivity contribution in [1.82, 2.24) is 14.3 Å². The van der Waals surface area contributed by atoms with Gasteiger partial charge in [-0.3, -0.25) is 0 Å². The summed E-state index contributed by atoms with van der Waals surface area (Å²) >= 11 is 4.71. The summed E-state index contributed by atoms with van der Waals surface area (Å²) in [6.07, 6.45) is 4.26. The number of nitrogens with zero attached hydrogens (tertiary/aromatic N) is 2. The van der Waals surface area contributed by atoms with Crippen LogP contribution < -0.4 is 5.46 Å². The van der Waals surface area contributed by atoms with E-state index in [4.69, 9.17) is 27.1 Å². The van der Waals surface area contributed by atoms with Crippen molar-refractivity contribution in [3.05, 3.63) is 36.3 Å². The van der Waals surface area contributed by atoms with Crippen molar-refractivity contribution in [2.75, 3.05) is 6.54 Å². The fraction of sp³-hybridized carbons (Fsp3) is 0.591. The van der Waals surface area contributed by atoms with Crippen LogP contribution >= 0.6 is 12.8 Å². The number of aromatic amines is 1. The van der Waals surface area contributed by atoms with Crippen LogP contribution in [0.25, 0.3) is 11.3 Å². The molecule has 7 heteroatoms. The van der Waals surface area contributed by atoms with Crippen LogP contribution in [0.15, 0.2) is 30.5 Å². The van der Waals surface area contributed by atoms with Crippen molar-refractivity contribution in [3.63, 3.8) is 0 Å². The fourth-order valence-corrected chi connectivity index (χ4v) is 4.86. The second-order valence-corrected chi connectivity index (χ2v) is 10.6. The van der Waals surface area contributed by atoms with Gasteiger partial charge in [-0.2, -0.15) is 0 Å². The monoisotopic (exact) mass is 413 g/mol. The average molecular weight is 413 g/mol. The molecule has 29 heavy (non-hydrogen) atoms. The standard InChI is InChI=1S/C22H32BN3O2S/c1-20(2)12-7-13-26(29)18(20)19-24-14-17(25-19)15-8-10-16(11-9-15)23-27-21(3,4)22(5,6)28-23/h8-11,14,18,29H,7,12-13H2,1-6H3,(H,24,25). The maximum atomic E-state index is 6.16. The number of hydrogen-bond donors (Lipinski definition) is 2. The Morgan fingerprint density at radius 2 is 1.69 bits per heavy atom. The molecule has 4 rings (SSSR count). The largest absolute Gasteiger partial charge is 0.494 e. The molecule has 2 fully saturated rings. The van der Waals surface area contributed by atoms with Gasteiger partial charge in [0.1, 0.15) is 5.82 Å². The van der Waals surface area contributed by atoms with E-state index in [2.05, 4.69) is 75.1 Å². The van der Waals surface area contributed by atoms with Crippen molar-refractivity contribution in [1.29, 1.82) is 0 Å². The molecule has 0 amide bonds. The predicted octanol–water partition coefficient (Wildman–Crippen LogP) is 4.38. The van der Waals surface area contributed by atoms with Crippen LogP contribution in [0, 0.1) is 5.41 Å². The molecule has 2 aromatic rings. The van der Waals surface area contributed by atoms with Gasteiger partial charge >= 0.3 is 7.12 Å². The third-order valence-corrected chi connectivity index (χ3v) is 7.28. The van der Waals surface area contributed by atoms with Crippen LogP contribution in [-0.2, 0) is 9.31 Å². The number of thiol groups is 1. The van der Waals surface area contributed by atoms with E-state index in [1.807, 2.05) is 6.20 Å². The molecule has 3 heterocycles. The van der Waals surface area contributed by atoms with Crippen LogP contribution in [-0.4, -0.2) is 39.1 Å². The zero-order valence-corrected chi connectivity index (χ0v) is 19.2. The average Bonchev–Trinajstić information content (AvgIpc) is 3.17. The van der Waals surface area contributed by atoms with Gasteiger partial charge in [0, 0.05) is 6.54 Å². The first-order chi connectivity index (χ1) is 13.5. The minimum absolute atomic E-state index is 0.135. The number of rotatable bonds is 3. The third-order valence-electron chi connectivity index (χ3n) is 6.85. The van der Waals surface area contributed by atoms with Gasteiger partial charge in [0.05, 0.1) is 29.1 Å². The minimum Gasteiger partial charge on any atom is -0.399 e. The molecule has 0 spiro atoms. The number of aromatic nitrogens is 2. The predicted molar refractivity (Wildman–Crippen MR) is 121 cm³/mol. The number of nitrogens with one attached hydrogen (secondary N) is 1. The SMILES string of the molecule is CC1(C)CCCN(S)C1c1ncc(-c2ccc(B3OC(C)(C)C(C)(C)O3)cc2)[nH]1. The molecular weight excluding hydrogens is 381 g/mol. The Morgan fingerprint density at radius 3 is 2.28 bits per heavy atom. The molecule has 0 aliphatic carbocycles. The maximum absolute atomic E-state index is 6.16. The number of imidazole rings is 1. The first-order valence-corrected chi connectivity index (χ1v) is 10.9. The highest BCUT2D eigenvalue weighted by Crippen LogP contribution is 2.45. The molecule has 0 bridgehead atoms. The van der Waals surface area contributed by atoms with E-state index in [1.165, 1.54) is 12.8 Å². The molecule has 1 aromatic carbocycles. The van der Waals surface area contributed by atoms with Gasteiger partial charge < -0.3 is 14.3 Å². The molecule has 2 aliphatic heterocycles. The van der Waals surface area contributed by atoms with E-state index in [9.17, 15) is 0 Å². The van der Waals surface area contributed by atoms with Crippen LogP contribution in [0.2, 0.25) is 0 Å². The van der Waals surface area contributed by atoms with Crippen molar-refractivity contribution in [3.8, 4) is 11.3 Å². The highest BCUT2D eigenvalue weighted by atomic mass is 32.1. The zero-order chi connectivity index (χ0) is 21.0. The quantitative estimate of drug-likeness (QED) is 0.579. The van der Waals surface area contributed by atoms with Gasteiger partial charge in [-0.1, -0.05) is 50.9 Å². The Bertz CT molecular complexity index is 862. The number of hydrogen-bond acceptors (Lipinski definition) is 5. The lowest BCUT2D eigenvalue weighted by atomic mass is 9.77. The van der Waals surface area contributed by atoms with Crippen molar-refractivity contribution in [2.45, 2.75) is 71.6 Å². The van der Waals surface area contributed by atoms with Crippen molar-refractivity contribution >= 4 is 25.4 Å². The topological polar surface area (TPSA) is 50.4 Å². The fourth-order valence-electron chi connectivity index (χ4n) is 4.30. The summed E-state index contributed by atoms with van der Waals surface area (Å²) in [6.45, 7) is 13.9. The Balaban J connectivity index is 1.54. The molecule has 2 saturated heterocycles. The Morgan fingerprint density at radius 1 is 1.07 bits per heavy atom. The molecule has 1 aromatic heterocycles. The van der Waals surface area contributed by atoms with E-state index in [0.29, 0.717) is 0 Å². The molecule has 5 nitrogen and oxygen atoms in total. The van der Waals surface area contributed by atoms with E-state index in [1.54, 1.807) is 0 Å². The normalized spacial score (nSPS) is 26.0. The Labute approximate surface area is 180 Å². The Hall–Kier alpha value is -1.28.